The lowest BCUT2D eigenvalue weighted by Gasteiger charge is -2.35. The molecule has 3 aliphatic heterocycles. The van der Waals surface area contributed by atoms with Gasteiger partial charge in [0.25, 0.3) is 11.8 Å². The number of ether oxygens (including phenoxy) is 3. The minimum absolute atomic E-state index is 0.0728. The highest BCUT2D eigenvalue weighted by Crippen LogP contribution is 2.24. The number of hydrogen-bond donors (Lipinski definition) is 3. The number of benzene rings is 1. The summed E-state index contributed by atoms with van der Waals surface area (Å²) in [5.41, 5.74) is 0.440. The average molecular weight is 738 g/mol. The minimum Gasteiger partial charge on any atom is -0.467 e. The largest absolute Gasteiger partial charge is 0.467 e. The number of hydrogen-bond acceptors (Lipinski definition) is 10. The van der Waals surface area contributed by atoms with Gasteiger partial charge < -0.3 is 44.7 Å². The number of carbonyl (C=O) groups excluding carboxylic acids is 5. The van der Waals surface area contributed by atoms with Gasteiger partial charge in [0.05, 0.1) is 11.8 Å². The quantitative estimate of drug-likeness (QED) is 0.236. The predicted molar refractivity (Wildman–Crippen MR) is 186 cm³/mol. The van der Waals surface area contributed by atoms with Crippen molar-refractivity contribution in [1.82, 2.24) is 35.1 Å². The molecule has 1 aliphatic carbocycles. The first kappa shape index (κ1) is 37.6. The molecule has 3 atom stereocenters. The van der Waals surface area contributed by atoms with Gasteiger partial charge in [0, 0.05) is 57.9 Å². The van der Waals surface area contributed by atoms with Gasteiger partial charge >= 0.3 is 12.1 Å². The van der Waals surface area contributed by atoms with Crippen LogP contribution in [0.2, 0.25) is 0 Å². The molecule has 2 aromatic rings. The van der Waals surface area contributed by atoms with Crippen molar-refractivity contribution in [2.75, 3.05) is 52.5 Å². The van der Waals surface area contributed by atoms with E-state index in [2.05, 4.69) is 15.7 Å². The molecule has 1 aromatic carbocycles. The smallest absolute Gasteiger partial charge is 0.407 e. The highest BCUT2D eigenvalue weighted by Gasteiger charge is 2.36. The normalized spacial score (nSPS) is 20.7. The van der Waals surface area contributed by atoms with Gasteiger partial charge in [-0.05, 0) is 63.5 Å². The zero-order chi connectivity index (χ0) is 37.3. The molecule has 17 nitrogen and oxygen atoms in total. The number of aromatic nitrogens is 2. The van der Waals surface area contributed by atoms with Gasteiger partial charge in [-0.15, -0.1) is 0 Å². The molecule has 4 aliphatic rings. The van der Waals surface area contributed by atoms with Gasteiger partial charge in [-0.1, -0.05) is 18.2 Å². The second-order valence-electron chi connectivity index (χ2n) is 13.8. The zero-order valence-electron chi connectivity index (χ0n) is 29.7. The number of carboxylic acid groups (broad SMARTS) is 1. The number of para-hydroxylation sites is 1. The monoisotopic (exact) mass is 737 g/mol. The van der Waals surface area contributed by atoms with E-state index in [1.54, 1.807) is 24.3 Å². The van der Waals surface area contributed by atoms with Crippen molar-refractivity contribution in [2.24, 2.45) is 0 Å². The van der Waals surface area contributed by atoms with Crippen LogP contribution in [-0.4, -0.2) is 142 Å². The fourth-order valence-electron chi connectivity index (χ4n) is 6.86. The van der Waals surface area contributed by atoms with Crippen molar-refractivity contribution in [1.29, 1.82) is 0 Å². The third-order valence-corrected chi connectivity index (χ3v) is 10.1. The van der Waals surface area contributed by atoms with Crippen LogP contribution in [0.1, 0.15) is 68.3 Å². The van der Waals surface area contributed by atoms with Gasteiger partial charge in [0.15, 0.2) is 12.3 Å². The van der Waals surface area contributed by atoms with Crippen LogP contribution < -0.4 is 15.4 Å². The van der Waals surface area contributed by atoms with Gasteiger partial charge in [0.2, 0.25) is 17.7 Å². The fourth-order valence-corrected chi connectivity index (χ4v) is 6.86. The molecular formula is C36H47N7O10. The second kappa shape index (κ2) is 17.6. The number of rotatable bonds is 14. The molecule has 4 heterocycles. The highest BCUT2D eigenvalue weighted by molar-refractivity contribution is 5.96. The van der Waals surface area contributed by atoms with Crippen molar-refractivity contribution >= 4 is 35.7 Å². The maximum absolute atomic E-state index is 13.8. The summed E-state index contributed by atoms with van der Waals surface area (Å²) in [6.45, 7) is 1.20. The number of esters is 1. The second-order valence-corrected chi connectivity index (χ2v) is 13.8. The predicted octanol–water partition coefficient (Wildman–Crippen LogP) is 1.33. The van der Waals surface area contributed by atoms with E-state index >= 15 is 0 Å². The summed E-state index contributed by atoms with van der Waals surface area (Å²) in [7, 11) is 0. The summed E-state index contributed by atoms with van der Waals surface area (Å²) < 4.78 is 18.2. The Bertz CT molecular complexity index is 1630. The van der Waals surface area contributed by atoms with E-state index in [1.807, 2.05) is 6.07 Å². The first-order valence-electron chi connectivity index (χ1n) is 18.4. The first-order valence-corrected chi connectivity index (χ1v) is 18.4. The number of carbonyl (C=O) groups is 6. The molecule has 4 fully saturated rings. The minimum atomic E-state index is -1.15. The van der Waals surface area contributed by atoms with E-state index in [-0.39, 0.29) is 81.2 Å². The zero-order valence-corrected chi connectivity index (χ0v) is 29.7. The van der Waals surface area contributed by atoms with Gasteiger partial charge in [-0.25, -0.2) is 9.48 Å². The van der Waals surface area contributed by atoms with Gasteiger partial charge in [-0.2, -0.15) is 5.10 Å². The standard InChI is InChI=1S/C36H47N7O10/c44-30(42-15-5-12-29(42)34(47)37-24-7-4-8-24)23-52-31-21-28(39-43(31)25-9-2-1-3-10-25)33(46)38-27(13-14-32(45)53-22-26-11-6-20-51-26)35(48)40-16-18-41(19-17-40)36(49)50/h1-3,9-10,21,24,26-27,29H,4-8,11-20,22-23H2,(H,37,47)(H,38,46)(H,49,50)/t26-,27?,29-/m0/s1. The lowest BCUT2D eigenvalue weighted by Crippen LogP contribution is -2.55. The van der Waals surface area contributed by atoms with Crippen LogP contribution in [-0.2, 0) is 28.7 Å². The van der Waals surface area contributed by atoms with Crippen molar-refractivity contribution < 1.29 is 48.1 Å². The summed E-state index contributed by atoms with van der Waals surface area (Å²) in [4.78, 5) is 82.0. The lowest BCUT2D eigenvalue weighted by molar-refractivity contribution is -0.147. The van der Waals surface area contributed by atoms with E-state index in [1.165, 1.54) is 25.4 Å². The molecule has 1 aromatic heterocycles. The molecule has 286 valence electrons. The van der Waals surface area contributed by atoms with Crippen molar-refractivity contribution in [3.8, 4) is 11.6 Å². The van der Waals surface area contributed by atoms with Gasteiger partial charge in [0.1, 0.15) is 18.7 Å². The Morgan fingerprint density at radius 2 is 1.68 bits per heavy atom. The summed E-state index contributed by atoms with van der Waals surface area (Å²) in [6, 6.07) is 8.65. The summed E-state index contributed by atoms with van der Waals surface area (Å²) in [5, 5.41) is 19.6. The molecule has 1 unspecified atom stereocenters. The number of nitrogens with one attached hydrogen (secondary N) is 2. The van der Waals surface area contributed by atoms with Crippen LogP contribution in [0.5, 0.6) is 5.88 Å². The Kier molecular flexibility index (Phi) is 12.4. The first-order chi connectivity index (χ1) is 25.7. The maximum Gasteiger partial charge on any atom is 0.407 e. The van der Waals surface area contributed by atoms with Crippen molar-refractivity contribution in [3.63, 3.8) is 0 Å². The number of amides is 5. The number of piperazine rings is 1. The summed E-state index contributed by atoms with van der Waals surface area (Å²) in [5.74, 6) is -2.17. The molecule has 1 saturated carbocycles. The third kappa shape index (κ3) is 9.63. The Morgan fingerprint density at radius 3 is 2.36 bits per heavy atom. The summed E-state index contributed by atoms with van der Waals surface area (Å²) >= 11 is 0. The maximum atomic E-state index is 13.8. The van der Waals surface area contributed by atoms with E-state index < -0.39 is 42.6 Å². The summed E-state index contributed by atoms with van der Waals surface area (Å²) in [6.07, 6.45) is 4.42. The van der Waals surface area contributed by atoms with Crippen LogP contribution in [0.25, 0.3) is 5.69 Å². The van der Waals surface area contributed by atoms with Crippen LogP contribution in [0.15, 0.2) is 36.4 Å². The highest BCUT2D eigenvalue weighted by atomic mass is 16.6. The molecule has 3 saturated heterocycles. The van der Waals surface area contributed by atoms with E-state index in [9.17, 15) is 33.9 Å². The topological polar surface area (TPSA) is 202 Å². The Morgan fingerprint density at radius 1 is 0.925 bits per heavy atom. The molecule has 0 radical (unpaired) electrons. The van der Waals surface area contributed by atoms with Crippen LogP contribution in [0, 0.1) is 0 Å². The number of likely N-dealkylation sites (tertiary alicyclic amines) is 1. The third-order valence-electron chi connectivity index (χ3n) is 10.1. The number of nitrogens with zero attached hydrogens (tertiary/aromatic N) is 5. The van der Waals surface area contributed by atoms with Gasteiger partial charge in [-0.3, -0.25) is 24.0 Å². The lowest BCUT2D eigenvalue weighted by atomic mass is 9.93. The van der Waals surface area contributed by atoms with E-state index in [0.717, 1.165) is 32.1 Å². The van der Waals surface area contributed by atoms with Crippen LogP contribution in [0.3, 0.4) is 0 Å². The van der Waals surface area contributed by atoms with Crippen LogP contribution >= 0.6 is 0 Å². The Balaban J connectivity index is 1.14. The SMILES string of the molecule is O=C(CCC(NC(=O)c1cc(OCC(=O)N2CCC[C@H]2C(=O)NC2CCC2)n(-c2ccccc2)n1)C(=O)N1CCN(C(=O)O)CC1)OC[C@@H]1CCCO1. The molecule has 0 bridgehead atoms. The Labute approximate surface area is 306 Å². The molecule has 6 rings (SSSR count). The molecule has 0 spiro atoms. The van der Waals surface area contributed by atoms with E-state index in [0.29, 0.717) is 31.7 Å². The molecule has 5 amide bonds. The molecule has 3 N–H and O–H groups in total. The average Bonchev–Trinajstić information content (AvgIpc) is 3.95. The molecular weight excluding hydrogens is 690 g/mol. The fraction of sp³-hybridized carbons (Fsp3) is 0.583. The van der Waals surface area contributed by atoms with E-state index in [4.69, 9.17) is 14.2 Å². The molecule has 17 heteroatoms. The molecule has 53 heavy (non-hydrogen) atoms. The Hall–Kier alpha value is -5.19. The van der Waals surface area contributed by atoms with Crippen LogP contribution in [0.4, 0.5) is 4.79 Å². The van der Waals surface area contributed by atoms with Crippen molar-refractivity contribution in [2.45, 2.75) is 82.0 Å². The van der Waals surface area contributed by atoms with Crippen molar-refractivity contribution in [3.05, 3.63) is 42.1 Å².